The summed E-state index contributed by atoms with van der Waals surface area (Å²) in [5.41, 5.74) is 0. The molecule has 184 valence electrons. The van der Waals surface area contributed by atoms with Crippen LogP contribution in [-0.4, -0.2) is 48.5 Å². The topological polar surface area (TPSA) is 20.2 Å². The van der Waals surface area contributed by atoms with Gasteiger partial charge in [-0.25, -0.2) is 0 Å². The molecule has 5 heteroatoms. The maximum Gasteiger partial charge on any atom is -0.153 e. The molecule has 0 bridgehead atoms. The first-order valence-corrected chi connectivity index (χ1v) is 29.4. The zero-order chi connectivity index (χ0) is 21.7. The second-order valence-electron chi connectivity index (χ2n) is 9.12. The van der Waals surface area contributed by atoms with Crippen LogP contribution in [0.25, 0.3) is 0 Å². The summed E-state index contributed by atoms with van der Waals surface area (Å²) in [5, 5.41) is 8.83. The van der Waals surface area contributed by atoms with Crippen molar-refractivity contribution in [2.45, 2.75) is 120 Å². The zero-order valence-electron chi connectivity index (χ0n) is 22.1. The number of hydrogen-bond acceptors (Lipinski definition) is 1. The van der Waals surface area contributed by atoms with Crippen LogP contribution < -0.4 is 0 Å². The van der Waals surface area contributed by atoms with Crippen LogP contribution in [0.2, 0.25) is 27.6 Å². The summed E-state index contributed by atoms with van der Waals surface area (Å²) < 4.78 is 11.1. The van der Waals surface area contributed by atoms with Crippen molar-refractivity contribution < 1.29 is 5.11 Å². The van der Waals surface area contributed by atoms with Crippen molar-refractivity contribution >= 4 is 56.6 Å². The van der Waals surface area contributed by atoms with Crippen molar-refractivity contribution in [1.29, 1.82) is 0 Å². The first-order chi connectivity index (χ1) is 13.4. The maximum atomic E-state index is 8.83. The quantitative estimate of drug-likeness (QED) is 0.128. The summed E-state index contributed by atoms with van der Waals surface area (Å²) in [6.45, 7) is 11.6. The Hall–Kier alpha value is 1.90. The third-order valence-electron chi connectivity index (χ3n) is 5.79. The molecule has 0 heterocycles. The van der Waals surface area contributed by atoms with Gasteiger partial charge < -0.3 is 0 Å². The van der Waals surface area contributed by atoms with E-state index in [0.29, 0.717) is 0 Å². The minimum absolute atomic E-state index is 0. The molecule has 0 aliphatic heterocycles. The monoisotopic (exact) mass is 678 g/mol. The molecule has 1 N–H and O–H groups in total. The first kappa shape index (κ1) is 39.1. The van der Waals surface area contributed by atoms with E-state index in [9.17, 15) is 0 Å². The normalized spacial score (nSPS) is 11.7. The Bertz CT molecular complexity index is 335. The molecule has 0 aromatic heterocycles. The molecule has 0 saturated carbocycles. The van der Waals surface area contributed by atoms with Crippen molar-refractivity contribution in [1.82, 2.24) is 0 Å². The van der Waals surface area contributed by atoms with Gasteiger partial charge in [0.25, 0.3) is 0 Å². The fraction of sp³-hybridized carbons (Fsp3) is 0.840. The van der Waals surface area contributed by atoms with E-state index in [4.69, 9.17) is 5.11 Å². The van der Waals surface area contributed by atoms with Gasteiger partial charge in [-0.1, -0.05) is 0 Å². The van der Waals surface area contributed by atoms with Crippen molar-refractivity contribution in [2.75, 3.05) is 6.61 Å². The number of unbranched alkanes of at least 4 members (excludes halogenated alkanes) is 4. The van der Waals surface area contributed by atoms with E-state index in [1.54, 1.807) is 8.87 Å². The third-order valence-corrected chi connectivity index (χ3v) is 28.8. The summed E-state index contributed by atoms with van der Waals surface area (Å²) >= 11 is -3.65. The summed E-state index contributed by atoms with van der Waals surface area (Å²) in [7, 11) is 0. The second-order valence-corrected chi connectivity index (χ2v) is 35.6. The van der Waals surface area contributed by atoms with Gasteiger partial charge in [-0.2, -0.15) is 19.8 Å². The van der Waals surface area contributed by atoms with Gasteiger partial charge in [0.05, 0.1) is 0 Å². The Morgan fingerprint density at radius 3 is 1.10 bits per heavy atom. The van der Waals surface area contributed by atoms with E-state index in [-0.39, 0.29) is 26.4 Å². The van der Waals surface area contributed by atoms with Gasteiger partial charge in [0.2, 0.25) is 0 Å². The average Bonchev–Trinajstić information content (AvgIpc) is 2.71. The third kappa shape index (κ3) is 24.5. The molecule has 0 aromatic rings. The molecule has 0 aromatic carbocycles. The molecule has 0 fully saturated rings. The molecular formula is C25H60OP2Sn2. The van der Waals surface area contributed by atoms with Crippen LogP contribution in [0.5, 0.6) is 0 Å². The molecule has 0 aliphatic rings. The van der Waals surface area contributed by atoms with Crippen molar-refractivity contribution in [3.63, 3.8) is 0 Å². The van der Waals surface area contributed by atoms with Crippen LogP contribution in [-0.2, 0) is 0 Å². The summed E-state index contributed by atoms with van der Waals surface area (Å²) in [6.07, 6.45) is 16.7. The van der Waals surface area contributed by atoms with Crippen LogP contribution in [0.3, 0.4) is 0 Å². The maximum absolute atomic E-state index is 8.83. The van der Waals surface area contributed by atoms with Crippen LogP contribution in [0.4, 0.5) is 0 Å². The molecule has 2 atom stereocenters. The van der Waals surface area contributed by atoms with E-state index in [1.165, 1.54) is 66.7 Å². The summed E-state index contributed by atoms with van der Waals surface area (Å²) in [4.78, 5) is 5.15. The average molecular weight is 676 g/mol. The Morgan fingerprint density at radius 1 is 0.567 bits per heavy atom. The molecule has 2 unspecified atom stereocenters. The van der Waals surface area contributed by atoms with Gasteiger partial charge in [0.15, 0.2) is 0 Å². The van der Waals surface area contributed by atoms with E-state index in [1.807, 2.05) is 6.08 Å². The minimum atomic E-state index is -1.90. The Kier molecular flexibility index (Phi) is 35.4. The van der Waals surface area contributed by atoms with Gasteiger partial charge in [0.1, 0.15) is 0 Å². The van der Waals surface area contributed by atoms with Gasteiger partial charge in [0, 0.05) is 0 Å². The Labute approximate surface area is 207 Å². The van der Waals surface area contributed by atoms with Gasteiger partial charge >= 0.3 is 189 Å². The number of hydrogen-bond donors (Lipinski definition) is 1. The molecule has 30 heavy (non-hydrogen) atoms. The minimum Gasteiger partial charge on any atom is -0.153 e. The first-order valence-electron chi connectivity index (χ1n) is 12.3. The van der Waals surface area contributed by atoms with Crippen LogP contribution in [0.1, 0.15) is 92.4 Å². The van der Waals surface area contributed by atoms with E-state index < -0.39 is 36.8 Å². The number of rotatable bonds is 16. The standard InChI is InChI=1S/4C4H9.C4H7.C3H5O.2CH3.2H3P.2Sn/c5*1-3-4-2;1-2-3-4;;;;;;/h4*1,3-4H2,2H3;1,3H,4H2,2H3;1-2,4H,3H2;4*1H3;;. The van der Waals surface area contributed by atoms with Crippen molar-refractivity contribution in [2.24, 2.45) is 0 Å². The largest absolute Gasteiger partial charge is 0.153 e. The predicted octanol–water partition coefficient (Wildman–Crippen LogP) is 9.04. The molecule has 0 amide bonds. The zero-order valence-corrected chi connectivity index (χ0v) is 30.6. The van der Waals surface area contributed by atoms with Crippen LogP contribution >= 0.6 is 19.8 Å². The fourth-order valence-electron chi connectivity index (χ4n) is 3.65. The van der Waals surface area contributed by atoms with Crippen molar-refractivity contribution in [3.8, 4) is 0 Å². The molecule has 1 nitrogen and oxygen atoms in total. The second kappa shape index (κ2) is 27.1. The van der Waals surface area contributed by atoms with Crippen LogP contribution in [0, 0.1) is 0 Å². The molecule has 0 rings (SSSR count). The predicted molar refractivity (Wildman–Crippen MR) is 160 cm³/mol. The number of aliphatic hydroxyl groups excluding tert-OH is 1. The van der Waals surface area contributed by atoms with Crippen molar-refractivity contribution in [3.05, 3.63) is 20.3 Å². The van der Waals surface area contributed by atoms with E-state index >= 15 is 0 Å². The van der Waals surface area contributed by atoms with Gasteiger partial charge in [-0.3, -0.25) is 0 Å². The summed E-state index contributed by atoms with van der Waals surface area (Å²) in [6, 6.07) is 0. The molecule has 0 aliphatic carbocycles. The number of allylic oxidation sites excluding steroid dienone is 1. The summed E-state index contributed by atoms with van der Waals surface area (Å²) in [5.74, 6) is 0. The Morgan fingerprint density at radius 2 is 0.867 bits per heavy atom. The SMILES string of the molecule is CC/C=[CH]/[Sn]([CH3])([CH2]CCC)[CH2]CCC.CCC[CH2][Sn]([CH3])(/[CH]=C/CO)[CH2]CCC.P.P. The molecule has 0 saturated heterocycles. The van der Waals surface area contributed by atoms with E-state index in [2.05, 4.69) is 58.8 Å². The fourth-order valence-corrected chi connectivity index (χ4v) is 24.5. The van der Waals surface area contributed by atoms with E-state index in [0.717, 1.165) is 0 Å². The van der Waals surface area contributed by atoms with Gasteiger partial charge in [-0.15, -0.1) is 0 Å². The molecular weight excluding hydrogens is 616 g/mol. The molecule has 0 radical (unpaired) electrons. The number of aliphatic hydroxyl groups is 1. The Balaban J connectivity index is -0.000000211. The smallest absolute Gasteiger partial charge is 0.153 e. The van der Waals surface area contributed by atoms with Gasteiger partial charge in [-0.05, 0) is 0 Å². The molecule has 0 spiro atoms. The van der Waals surface area contributed by atoms with Crippen LogP contribution in [0.15, 0.2) is 20.3 Å².